The zero-order valence-electron chi connectivity index (χ0n) is 12.1. The van der Waals surface area contributed by atoms with Gasteiger partial charge in [-0.15, -0.1) is 12.4 Å². The third kappa shape index (κ3) is 3.59. The third-order valence-electron chi connectivity index (χ3n) is 4.27. The quantitative estimate of drug-likeness (QED) is 0.902. The molecule has 0 aliphatic carbocycles. The lowest BCUT2D eigenvalue weighted by molar-refractivity contribution is 0.169. The van der Waals surface area contributed by atoms with Crippen LogP contribution < -0.4 is 10.2 Å². The molecule has 112 valence electrons. The Labute approximate surface area is 127 Å². The fraction of sp³-hybridized carbons (Fsp3) is 0.714. The maximum atomic E-state index is 4.33. The van der Waals surface area contributed by atoms with Gasteiger partial charge in [-0.25, -0.2) is 9.97 Å². The summed E-state index contributed by atoms with van der Waals surface area (Å²) >= 11 is 0. The molecule has 0 radical (unpaired) electrons. The number of halogens is 1. The van der Waals surface area contributed by atoms with E-state index in [0.717, 1.165) is 38.7 Å². The van der Waals surface area contributed by atoms with Gasteiger partial charge in [-0.05, 0) is 24.4 Å². The first-order chi connectivity index (χ1) is 9.25. The first-order valence-electron chi connectivity index (χ1n) is 7.20. The summed E-state index contributed by atoms with van der Waals surface area (Å²) < 4.78 is 0. The van der Waals surface area contributed by atoms with Gasteiger partial charge in [0.2, 0.25) is 5.95 Å². The van der Waals surface area contributed by atoms with Crippen molar-refractivity contribution >= 4 is 18.4 Å². The highest BCUT2D eigenvalue weighted by molar-refractivity contribution is 5.85. The van der Waals surface area contributed by atoms with Gasteiger partial charge >= 0.3 is 0 Å². The standard InChI is InChI=1S/C14H23N5.ClH/c1-14(3-6-15-11-14)12-18-7-9-19(10-8-18)13-16-4-2-5-17-13;/h2,4-5,15H,3,6-12H2,1H3;1H. The van der Waals surface area contributed by atoms with Crippen LogP contribution in [0.1, 0.15) is 13.3 Å². The summed E-state index contributed by atoms with van der Waals surface area (Å²) in [6.45, 7) is 10.3. The lowest BCUT2D eigenvalue weighted by atomic mass is 9.89. The number of rotatable bonds is 3. The molecule has 1 aromatic heterocycles. The predicted octanol–water partition coefficient (Wildman–Crippen LogP) is 1.02. The maximum Gasteiger partial charge on any atom is 0.225 e. The maximum absolute atomic E-state index is 4.33. The monoisotopic (exact) mass is 297 g/mol. The molecule has 3 heterocycles. The van der Waals surface area contributed by atoms with Crippen LogP contribution in [0.25, 0.3) is 0 Å². The van der Waals surface area contributed by atoms with E-state index in [1.165, 1.54) is 19.5 Å². The fourth-order valence-electron chi connectivity index (χ4n) is 3.10. The molecule has 1 N–H and O–H groups in total. The van der Waals surface area contributed by atoms with E-state index in [2.05, 4.69) is 32.0 Å². The molecule has 0 spiro atoms. The van der Waals surface area contributed by atoms with E-state index in [4.69, 9.17) is 0 Å². The van der Waals surface area contributed by atoms with Crippen LogP contribution in [-0.2, 0) is 0 Å². The largest absolute Gasteiger partial charge is 0.338 e. The molecule has 0 bridgehead atoms. The van der Waals surface area contributed by atoms with Crippen molar-refractivity contribution in [3.05, 3.63) is 18.5 Å². The highest BCUT2D eigenvalue weighted by atomic mass is 35.5. The molecule has 0 aromatic carbocycles. The minimum atomic E-state index is 0. The molecule has 0 amide bonds. The zero-order valence-corrected chi connectivity index (χ0v) is 12.9. The van der Waals surface area contributed by atoms with Crippen molar-refractivity contribution in [1.29, 1.82) is 0 Å². The highest BCUT2D eigenvalue weighted by Gasteiger charge is 2.31. The van der Waals surface area contributed by atoms with Crippen LogP contribution in [0.5, 0.6) is 0 Å². The summed E-state index contributed by atoms with van der Waals surface area (Å²) in [6, 6.07) is 1.87. The fourth-order valence-corrected chi connectivity index (χ4v) is 3.10. The number of hydrogen-bond acceptors (Lipinski definition) is 5. The second-order valence-electron chi connectivity index (χ2n) is 6.05. The van der Waals surface area contributed by atoms with E-state index < -0.39 is 0 Å². The molecule has 2 saturated heterocycles. The van der Waals surface area contributed by atoms with Gasteiger partial charge in [-0.3, -0.25) is 4.90 Å². The third-order valence-corrected chi connectivity index (χ3v) is 4.27. The van der Waals surface area contributed by atoms with Crippen LogP contribution in [0.4, 0.5) is 5.95 Å². The van der Waals surface area contributed by atoms with Crippen molar-refractivity contribution in [3.8, 4) is 0 Å². The van der Waals surface area contributed by atoms with Crippen molar-refractivity contribution in [2.75, 3.05) is 50.7 Å². The average Bonchev–Trinajstić information content (AvgIpc) is 2.87. The second-order valence-corrected chi connectivity index (χ2v) is 6.05. The molecule has 0 saturated carbocycles. The molecule has 6 heteroatoms. The van der Waals surface area contributed by atoms with Crippen LogP contribution in [0.3, 0.4) is 0 Å². The molecule has 1 unspecified atom stereocenters. The Hall–Kier alpha value is -0.910. The Morgan fingerprint density at radius 3 is 2.50 bits per heavy atom. The lowest BCUT2D eigenvalue weighted by Gasteiger charge is -2.38. The Kier molecular flexibility index (Phi) is 5.18. The number of aromatic nitrogens is 2. The molecular formula is C14H24ClN5. The Balaban J connectivity index is 0.00000147. The minimum absolute atomic E-state index is 0. The van der Waals surface area contributed by atoms with Gasteiger partial charge in [-0.2, -0.15) is 0 Å². The molecular weight excluding hydrogens is 274 g/mol. The number of anilines is 1. The molecule has 2 aliphatic heterocycles. The van der Waals surface area contributed by atoms with E-state index in [1.807, 2.05) is 18.5 Å². The van der Waals surface area contributed by atoms with E-state index >= 15 is 0 Å². The van der Waals surface area contributed by atoms with Crippen molar-refractivity contribution in [3.63, 3.8) is 0 Å². The topological polar surface area (TPSA) is 44.3 Å². The SMILES string of the molecule is CC1(CN2CCN(c3ncccn3)CC2)CCNC1.Cl. The summed E-state index contributed by atoms with van der Waals surface area (Å²) in [4.78, 5) is 13.5. The summed E-state index contributed by atoms with van der Waals surface area (Å²) in [5.74, 6) is 0.871. The van der Waals surface area contributed by atoms with Crippen LogP contribution in [0.15, 0.2) is 18.5 Å². The molecule has 3 rings (SSSR count). The van der Waals surface area contributed by atoms with Gasteiger partial charge in [-0.1, -0.05) is 6.92 Å². The second kappa shape index (κ2) is 6.70. The number of nitrogens with zero attached hydrogens (tertiary/aromatic N) is 4. The van der Waals surface area contributed by atoms with Gasteiger partial charge in [0.1, 0.15) is 0 Å². The molecule has 5 nitrogen and oxygen atoms in total. The average molecular weight is 298 g/mol. The van der Waals surface area contributed by atoms with Crippen molar-refractivity contribution in [2.45, 2.75) is 13.3 Å². The highest BCUT2D eigenvalue weighted by Crippen LogP contribution is 2.26. The van der Waals surface area contributed by atoms with Gasteiger partial charge in [0.05, 0.1) is 0 Å². The Morgan fingerprint density at radius 1 is 1.20 bits per heavy atom. The molecule has 2 aliphatic rings. The van der Waals surface area contributed by atoms with Crippen LogP contribution in [0, 0.1) is 5.41 Å². The van der Waals surface area contributed by atoms with Crippen molar-refractivity contribution in [1.82, 2.24) is 20.2 Å². The smallest absolute Gasteiger partial charge is 0.225 e. The van der Waals surface area contributed by atoms with Crippen LogP contribution in [0.2, 0.25) is 0 Å². The van der Waals surface area contributed by atoms with Gasteiger partial charge in [0.25, 0.3) is 0 Å². The Bertz CT molecular complexity index is 399. The van der Waals surface area contributed by atoms with Crippen LogP contribution >= 0.6 is 12.4 Å². The van der Waals surface area contributed by atoms with Gasteiger partial charge < -0.3 is 10.2 Å². The number of nitrogens with one attached hydrogen (secondary N) is 1. The summed E-state index contributed by atoms with van der Waals surface area (Å²) in [5, 5.41) is 3.48. The van der Waals surface area contributed by atoms with Crippen molar-refractivity contribution in [2.24, 2.45) is 5.41 Å². The summed E-state index contributed by atoms with van der Waals surface area (Å²) in [7, 11) is 0. The van der Waals surface area contributed by atoms with E-state index in [9.17, 15) is 0 Å². The van der Waals surface area contributed by atoms with Gasteiger partial charge in [0.15, 0.2) is 0 Å². The lowest BCUT2D eigenvalue weighted by Crippen LogP contribution is -2.50. The first-order valence-corrected chi connectivity index (χ1v) is 7.20. The molecule has 1 atom stereocenters. The van der Waals surface area contributed by atoms with Crippen LogP contribution in [-0.4, -0.2) is 60.7 Å². The normalized spacial score (nSPS) is 27.4. The summed E-state index contributed by atoms with van der Waals surface area (Å²) in [5.41, 5.74) is 0.464. The molecule has 1 aromatic rings. The Morgan fingerprint density at radius 2 is 1.90 bits per heavy atom. The number of piperazine rings is 1. The first kappa shape index (κ1) is 15.5. The van der Waals surface area contributed by atoms with Crippen molar-refractivity contribution < 1.29 is 0 Å². The van der Waals surface area contributed by atoms with Gasteiger partial charge in [0, 0.05) is 51.7 Å². The molecule has 2 fully saturated rings. The number of hydrogen-bond donors (Lipinski definition) is 1. The van der Waals surface area contributed by atoms with E-state index in [-0.39, 0.29) is 12.4 Å². The van der Waals surface area contributed by atoms with E-state index in [1.54, 1.807) is 0 Å². The predicted molar refractivity (Wildman–Crippen MR) is 83.5 cm³/mol. The zero-order chi connectivity index (χ0) is 13.1. The minimum Gasteiger partial charge on any atom is -0.338 e. The summed E-state index contributed by atoms with van der Waals surface area (Å²) in [6.07, 6.45) is 4.94. The van der Waals surface area contributed by atoms with E-state index in [0.29, 0.717) is 5.41 Å². The molecule has 20 heavy (non-hydrogen) atoms.